The number of urea groups is 1. The van der Waals surface area contributed by atoms with Gasteiger partial charge in [0.25, 0.3) is 15.9 Å². The van der Waals surface area contributed by atoms with Gasteiger partial charge in [0.05, 0.1) is 24.2 Å². The minimum absolute atomic E-state index is 0.0381. The number of amides is 3. The van der Waals surface area contributed by atoms with Crippen molar-refractivity contribution in [3.63, 3.8) is 0 Å². The number of sulfonamides is 2. The lowest BCUT2D eigenvalue weighted by Gasteiger charge is -2.34. The van der Waals surface area contributed by atoms with Gasteiger partial charge < -0.3 is 10.1 Å². The highest BCUT2D eigenvalue weighted by Gasteiger charge is 2.40. The predicted octanol–water partition coefficient (Wildman–Crippen LogP) is 2.64. The van der Waals surface area contributed by atoms with Crippen LogP contribution in [-0.4, -0.2) is 65.6 Å². The second kappa shape index (κ2) is 10.7. The first kappa shape index (κ1) is 28.1. The van der Waals surface area contributed by atoms with Crippen LogP contribution in [0.4, 0.5) is 10.5 Å². The minimum Gasteiger partial charge on any atom is -0.497 e. The summed E-state index contributed by atoms with van der Waals surface area (Å²) in [6.45, 7) is -0.122. The molecule has 0 spiro atoms. The lowest BCUT2D eigenvalue weighted by atomic mass is 10.1. The SMILES string of the molecule is COc1cccc(CNC(=O)c2ccc3c(c2)S(=O)(=O)N(Cc2ccc(S(=O)(=O)N(C)C)cc2)C(=O)N3C)c1. The summed E-state index contributed by atoms with van der Waals surface area (Å²) in [5, 5.41) is 2.76. The topological polar surface area (TPSA) is 133 Å². The molecule has 0 saturated carbocycles. The van der Waals surface area contributed by atoms with Crippen molar-refractivity contribution in [2.45, 2.75) is 22.9 Å². The van der Waals surface area contributed by atoms with E-state index in [4.69, 9.17) is 4.74 Å². The van der Waals surface area contributed by atoms with Crippen LogP contribution in [0.5, 0.6) is 5.75 Å². The van der Waals surface area contributed by atoms with Crippen LogP contribution in [0.15, 0.2) is 76.5 Å². The van der Waals surface area contributed by atoms with Crippen molar-refractivity contribution < 1.29 is 31.2 Å². The fourth-order valence-corrected chi connectivity index (χ4v) is 6.53. The number of methoxy groups -OCH3 is 1. The lowest BCUT2D eigenvalue weighted by molar-refractivity contribution is 0.0950. The van der Waals surface area contributed by atoms with E-state index in [1.807, 2.05) is 6.07 Å². The van der Waals surface area contributed by atoms with Crippen molar-refractivity contribution in [1.29, 1.82) is 0 Å². The van der Waals surface area contributed by atoms with Gasteiger partial charge in [0.1, 0.15) is 10.6 Å². The molecule has 1 N–H and O–H groups in total. The van der Waals surface area contributed by atoms with E-state index in [9.17, 15) is 26.4 Å². The fraction of sp³-hybridized carbons (Fsp3) is 0.231. The summed E-state index contributed by atoms with van der Waals surface area (Å²) < 4.78 is 58.7. The number of benzene rings is 3. The predicted molar refractivity (Wildman–Crippen MR) is 144 cm³/mol. The number of hydrogen-bond acceptors (Lipinski definition) is 7. The van der Waals surface area contributed by atoms with Crippen LogP contribution in [0.3, 0.4) is 0 Å². The number of nitrogens with one attached hydrogen (secondary N) is 1. The molecule has 0 atom stereocenters. The Balaban J connectivity index is 1.58. The standard InChI is InChI=1S/C26H28N4O7S2/c1-28(2)38(33,34)22-11-8-18(9-12-22)17-30-26(32)29(3)23-13-10-20(15-24(23)39(30,35)36)25(31)27-16-19-6-5-7-21(14-19)37-4/h5-15H,16-17H2,1-4H3,(H,27,31). The van der Waals surface area contributed by atoms with E-state index in [0.29, 0.717) is 15.6 Å². The molecule has 0 fully saturated rings. The average molecular weight is 573 g/mol. The number of carbonyl (C=O) groups excluding carboxylic acids is 2. The van der Waals surface area contributed by atoms with Crippen LogP contribution in [0.2, 0.25) is 0 Å². The highest BCUT2D eigenvalue weighted by Crippen LogP contribution is 2.35. The molecule has 11 nitrogen and oxygen atoms in total. The van der Waals surface area contributed by atoms with E-state index in [1.54, 1.807) is 25.3 Å². The van der Waals surface area contributed by atoms with Crippen LogP contribution < -0.4 is 15.0 Å². The molecule has 1 aliphatic heterocycles. The van der Waals surface area contributed by atoms with E-state index < -0.39 is 32.0 Å². The molecule has 39 heavy (non-hydrogen) atoms. The normalized spacial score (nSPS) is 14.7. The molecule has 4 rings (SSSR count). The Morgan fingerprint density at radius 1 is 1.00 bits per heavy atom. The summed E-state index contributed by atoms with van der Waals surface area (Å²) in [7, 11) is -2.20. The van der Waals surface area contributed by atoms with Gasteiger partial charge in [-0.15, -0.1) is 0 Å². The molecule has 0 aromatic heterocycles. The molecular weight excluding hydrogens is 544 g/mol. The molecular formula is C26H28N4O7S2. The summed E-state index contributed by atoms with van der Waals surface area (Å²) >= 11 is 0. The Bertz CT molecular complexity index is 1640. The number of anilines is 1. The molecule has 13 heteroatoms. The van der Waals surface area contributed by atoms with Crippen LogP contribution in [0.1, 0.15) is 21.5 Å². The van der Waals surface area contributed by atoms with Crippen molar-refractivity contribution in [1.82, 2.24) is 13.9 Å². The summed E-state index contributed by atoms with van der Waals surface area (Å²) in [4.78, 5) is 26.9. The van der Waals surface area contributed by atoms with Gasteiger partial charge in [-0.2, -0.15) is 0 Å². The number of ether oxygens (including phenoxy) is 1. The highest BCUT2D eigenvalue weighted by atomic mass is 32.2. The van der Waals surface area contributed by atoms with Gasteiger partial charge in [0.15, 0.2) is 0 Å². The Labute approximate surface area is 227 Å². The van der Waals surface area contributed by atoms with Crippen LogP contribution in [0.25, 0.3) is 0 Å². The Morgan fingerprint density at radius 3 is 2.33 bits per heavy atom. The molecule has 1 heterocycles. The smallest absolute Gasteiger partial charge is 0.338 e. The van der Waals surface area contributed by atoms with Gasteiger partial charge in [-0.05, 0) is 53.6 Å². The number of hydrogen-bond donors (Lipinski definition) is 1. The van der Waals surface area contributed by atoms with Gasteiger partial charge >= 0.3 is 6.03 Å². The Kier molecular flexibility index (Phi) is 7.68. The van der Waals surface area contributed by atoms with E-state index in [1.165, 1.54) is 68.5 Å². The van der Waals surface area contributed by atoms with Gasteiger partial charge in [-0.1, -0.05) is 24.3 Å². The van der Waals surface area contributed by atoms with Crippen molar-refractivity contribution in [2.24, 2.45) is 0 Å². The van der Waals surface area contributed by atoms with Crippen LogP contribution in [0, 0.1) is 0 Å². The maximum absolute atomic E-state index is 13.5. The monoisotopic (exact) mass is 572 g/mol. The van der Waals surface area contributed by atoms with Crippen molar-refractivity contribution in [2.75, 3.05) is 33.2 Å². The van der Waals surface area contributed by atoms with Gasteiger partial charge in [-0.3, -0.25) is 9.69 Å². The maximum Gasteiger partial charge on any atom is 0.338 e. The Hall–Kier alpha value is -3.94. The minimum atomic E-state index is -4.33. The molecule has 0 unspecified atom stereocenters. The van der Waals surface area contributed by atoms with Crippen molar-refractivity contribution in [3.05, 3.63) is 83.4 Å². The number of nitrogens with zero attached hydrogens (tertiary/aromatic N) is 3. The fourth-order valence-electron chi connectivity index (χ4n) is 3.99. The summed E-state index contributed by atoms with van der Waals surface area (Å²) in [6.07, 6.45) is 0. The maximum atomic E-state index is 13.5. The second-order valence-corrected chi connectivity index (χ2v) is 13.0. The zero-order valence-corrected chi connectivity index (χ0v) is 23.4. The molecule has 0 bridgehead atoms. The third-order valence-electron chi connectivity index (χ3n) is 6.27. The third-order valence-corrected chi connectivity index (χ3v) is 9.84. The third kappa shape index (κ3) is 5.46. The number of fused-ring (bicyclic) bond motifs is 1. The first-order valence-corrected chi connectivity index (χ1v) is 14.6. The average Bonchev–Trinajstić information content (AvgIpc) is 2.93. The molecule has 0 aliphatic carbocycles. The first-order chi connectivity index (χ1) is 18.4. The summed E-state index contributed by atoms with van der Waals surface area (Å²) in [5.74, 6) is 0.156. The molecule has 3 amide bonds. The van der Waals surface area contributed by atoms with Gasteiger partial charge in [-0.25, -0.2) is 30.2 Å². The van der Waals surface area contributed by atoms with Gasteiger partial charge in [0, 0.05) is 33.3 Å². The van der Waals surface area contributed by atoms with Gasteiger partial charge in [0.2, 0.25) is 10.0 Å². The van der Waals surface area contributed by atoms with Crippen LogP contribution >= 0.6 is 0 Å². The van der Waals surface area contributed by atoms with Crippen molar-refractivity contribution >= 4 is 37.7 Å². The lowest BCUT2D eigenvalue weighted by Crippen LogP contribution is -2.48. The quantitative estimate of drug-likeness (QED) is 0.439. The molecule has 0 radical (unpaired) electrons. The number of carbonyl (C=O) groups is 2. The molecule has 3 aromatic rings. The highest BCUT2D eigenvalue weighted by molar-refractivity contribution is 7.90. The largest absolute Gasteiger partial charge is 0.497 e. The molecule has 0 saturated heterocycles. The van der Waals surface area contributed by atoms with E-state index in [-0.39, 0.29) is 34.1 Å². The zero-order valence-electron chi connectivity index (χ0n) is 21.8. The first-order valence-electron chi connectivity index (χ1n) is 11.7. The summed E-state index contributed by atoms with van der Waals surface area (Å²) in [6, 6.07) is 16.1. The van der Waals surface area contributed by atoms with E-state index in [0.717, 1.165) is 9.87 Å². The molecule has 1 aliphatic rings. The summed E-state index contributed by atoms with van der Waals surface area (Å²) in [5.41, 5.74) is 1.47. The zero-order chi connectivity index (χ0) is 28.5. The Morgan fingerprint density at radius 2 is 1.69 bits per heavy atom. The molecule has 3 aromatic carbocycles. The van der Waals surface area contributed by atoms with Crippen LogP contribution in [-0.2, 0) is 33.1 Å². The number of rotatable bonds is 8. The van der Waals surface area contributed by atoms with Crippen molar-refractivity contribution in [3.8, 4) is 5.75 Å². The van der Waals surface area contributed by atoms with E-state index in [2.05, 4.69) is 5.32 Å². The molecule has 206 valence electrons. The second-order valence-electron chi connectivity index (χ2n) is 9.00. The van der Waals surface area contributed by atoms with E-state index >= 15 is 0 Å².